The molecule has 1 atom stereocenters. The summed E-state index contributed by atoms with van der Waals surface area (Å²) < 4.78 is 6.18. The van der Waals surface area contributed by atoms with E-state index in [2.05, 4.69) is 15.9 Å². The summed E-state index contributed by atoms with van der Waals surface area (Å²) in [4.78, 5) is 0.838. The molecule has 15 heavy (non-hydrogen) atoms. The lowest BCUT2D eigenvalue weighted by Gasteiger charge is -2.03. The minimum Gasteiger partial charge on any atom is -0.447 e. The topological polar surface area (TPSA) is 33.4 Å². The monoisotopic (exact) mass is 306 g/mol. The standard InChI is InChI=1S/C10H8BrClO2S/c1-5-4-7(15-10(5)11)9(13)6-2-3-8(12)14-6/h2-4,9,13H,1H3. The maximum Gasteiger partial charge on any atom is 0.193 e. The van der Waals surface area contributed by atoms with Gasteiger partial charge < -0.3 is 9.52 Å². The van der Waals surface area contributed by atoms with Crippen LogP contribution in [0.15, 0.2) is 26.4 Å². The van der Waals surface area contributed by atoms with Gasteiger partial charge in [-0.2, -0.15) is 0 Å². The number of thiophene rings is 1. The van der Waals surface area contributed by atoms with Crippen LogP contribution in [0.5, 0.6) is 0 Å². The van der Waals surface area contributed by atoms with Crippen molar-refractivity contribution in [3.63, 3.8) is 0 Å². The lowest BCUT2D eigenvalue weighted by Crippen LogP contribution is -1.94. The Bertz CT molecular complexity index is 458. The third-order valence-electron chi connectivity index (χ3n) is 2.01. The Hall–Kier alpha value is -0.290. The fourth-order valence-corrected chi connectivity index (χ4v) is 2.95. The van der Waals surface area contributed by atoms with Gasteiger partial charge in [0.05, 0.1) is 3.79 Å². The second-order valence-electron chi connectivity index (χ2n) is 3.15. The molecule has 0 bridgehead atoms. The molecular weight excluding hydrogens is 300 g/mol. The lowest BCUT2D eigenvalue weighted by molar-refractivity contribution is 0.193. The number of halogens is 2. The summed E-state index contributed by atoms with van der Waals surface area (Å²) in [5.74, 6) is 0.466. The third-order valence-corrected chi connectivity index (χ3v) is 4.40. The van der Waals surface area contributed by atoms with E-state index < -0.39 is 6.10 Å². The summed E-state index contributed by atoms with van der Waals surface area (Å²) in [7, 11) is 0. The van der Waals surface area contributed by atoms with Gasteiger partial charge >= 0.3 is 0 Å². The van der Waals surface area contributed by atoms with Gasteiger partial charge in [-0.15, -0.1) is 11.3 Å². The molecule has 1 N–H and O–H groups in total. The number of rotatable bonds is 2. The van der Waals surface area contributed by atoms with Gasteiger partial charge in [0.15, 0.2) is 5.22 Å². The molecule has 0 saturated heterocycles. The Morgan fingerprint density at radius 1 is 1.53 bits per heavy atom. The normalized spacial score (nSPS) is 13.1. The second kappa shape index (κ2) is 4.29. The molecule has 0 spiro atoms. The molecule has 2 heterocycles. The van der Waals surface area contributed by atoms with E-state index in [1.54, 1.807) is 12.1 Å². The van der Waals surface area contributed by atoms with Crippen molar-refractivity contribution in [3.05, 3.63) is 43.4 Å². The van der Waals surface area contributed by atoms with Crippen molar-refractivity contribution in [2.24, 2.45) is 0 Å². The van der Waals surface area contributed by atoms with E-state index in [1.165, 1.54) is 11.3 Å². The molecule has 2 nitrogen and oxygen atoms in total. The first kappa shape index (κ1) is 11.2. The Labute approximate surface area is 105 Å². The van der Waals surface area contributed by atoms with E-state index in [1.807, 2.05) is 13.0 Å². The van der Waals surface area contributed by atoms with Crippen LogP contribution in [-0.4, -0.2) is 5.11 Å². The molecule has 0 radical (unpaired) electrons. The summed E-state index contributed by atoms with van der Waals surface area (Å²) >= 11 is 10.5. The molecule has 0 aromatic carbocycles. The predicted molar refractivity (Wildman–Crippen MR) is 64.5 cm³/mol. The zero-order valence-electron chi connectivity index (χ0n) is 7.83. The van der Waals surface area contributed by atoms with Gasteiger partial charge in [0.1, 0.15) is 11.9 Å². The van der Waals surface area contributed by atoms with Gasteiger partial charge in [-0.05, 0) is 58.2 Å². The summed E-state index contributed by atoms with van der Waals surface area (Å²) in [6, 6.07) is 5.22. The minimum atomic E-state index is -0.743. The highest BCUT2D eigenvalue weighted by Crippen LogP contribution is 2.35. The van der Waals surface area contributed by atoms with E-state index >= 15 is 0 Å². The van der Waals surface area contributed by atoms with Crippen LogP contribution < -0.4 is 0 Å². The van der Waals surface area contributed by atoms with Crippen molar-refractivity contribution in [3.8, 4) is 0 Å². The Balaban J connectivity index is 2.31. The van der Waals surface area contributed by atoms with Crippen LogP contribution in [0.4, 0.5) is 0 Å². The SMILES string of the molecule is Cc1cc(C(O)c2ccc(Cl)o2)sc1Br. The molecule has 0 aliphatic rings. The highest BCUT2D eigenvalue weighted by atomic mass is 79.9. The van der Waals surface area contributed by atoms with Crippen LogP contribution >= 0.6 is 38.9 Å². The molecule has 2 aromatic rings. The maximum absolute atomic E-state index is 9.98. The average Bonchev–Trinajstić information content (AvgIpc) is 2.74. The number of furan rings is 1. The molecule has 0 fully saturated rings. The molecule has 5 heteroatoms. The second-order valence-corrected chi connectivity index (χ2v) is 5.92. The Morgan fingerprint density at radius 3 is 2.73 bits per heavy atom. The van der Waals surface area contributed by atoms with Gasteiger partial charge in [0.2, 0.25) is 0 Å². The maximum atomic E-state index is 9.98. The molecule has 0 saturated carbocycles. The molecule has 1 unspecified atom stereocenters. The van der Waals surface area contributed by atoms with Crippen molar-refractivity contribution in [1.29, 1.82) is 0 Å². The summed E-state index contributed by atoms with van der Waals surface area (Å²) in [6.07, 6.45) is -0.743. The fourth-order valence-electron chi connectivity index (χ4n) is 1.23. The Morgan fingerprint density at radius 2 is 2.27 bits per heavy atom. The number of aliphatic hydroxyl groups is 1. The summed E-state index contributed by atoms with van der Waals surface area (Å²) in [5.41, 5.74) is 1.10. The average molecular weight is 308 g/mol. The number of hydrogen-bond acceptors (Lipinski definition) is 3. The van der Waals surface area contributed by atoms with E-state index in [4.69, 9.17) is 16.0 Å². The van der Waals surface area contributed by atoms with Crippen molar-refractivity contribution in [1.82, 2.24) is 0 Å². The zero-order valence-corrected chi connectivity index (χ0v) is 11.0. The van der Waals surface area contributed by atoms with Crippen LogP contribution in [0.2, 0.25) is 5.22 Å². The van der Waals surface area contributed by atoms with Gasteiger partial charge in [-0.3, -0.25) is 0 Å². The predicted octanol–water partition coefficient (Wildman–Crippen LogP) is 4.15. The molecule has 0 aliphatic carbocycles. The smallest absolute Gasteiger partial charge is 0.193 e. The van der Waals surface area contributed by atoms with Gasteiger partial charge in [-0.1, -0.05) is 0 Å². The number of hydrogen-bond donors (Lipinski definition) is 1. The third kappa shape index (κ3) is 2.28. The van der Waals surface area contributed by atoms with E-state index in [0.717, 1.165) is 14.2 Å². The van der Waals surface area contributed by atoms with Crippen LogP contribution in [0.25, 0.3) is 0 Å². The molecule has 2 rings (SSSR count). The first-order valence-corrected chi connectivity index (χ1v) is 6.26. The minimum absolute atomic E-state index is 0.288. The first-order chi connectivity index (χ1) is 7.08. The van der Waals surface area contributed by atoms with E-state index in [0.29, 0.717) is 5.76 Å². The number of aryl methyl sites for hydroxylation is 1. The molecule has 0 aliphatic heterocycles. The van der Waals surface area contributed by atoms with E-state index in [-0.39, 0.29) is 5.22 Å². The number of aliphatic hydroxyl groups excluding tert-OH is 1. The molecule has 0 amide bonds. The highest BCUT2D eigenvalue weighted by Gasteiger charge is 2.17. The van der Waals surface area contributed by atoms with Gasteiger partial charge in [0, 0.05) is 4.88 Å². The van der Waals surface area contributed by atoms with Gasteiger partial charge in [-0.25, -0.2) is 0 Å². The lowest BCUT2D eigenvalue weighted by atomic mass is 10.2. The van der Waals surface area contributed by atoms with Gasteiger partial charge in [0.25, 0.3) is 0 Å². The van der Waals surface area contributed by atoms with Crippen molar-refractivity contribution < 1.29 is 9.52 Å². The summed E-state index contributed by atoms with van der Waals surface area (Å²) in [5, 5.41) is 10.3. The van der Waals surface area contributed by atoms with Crippen molar-refractivity contribution in [2.75, 3.05) is 0 Å². The largest absolute Gasteiger partial charge is 0.447 e. The Kier molecular flexibility index (Phi) is 3.21. The highest BCUT2D eigenvalue weighted by molar-refractivity contribution is 9.11. The molecular formula is C10H8BrClO2S. The molecule has 2 aromatic heterocycles. The molecule has 80 valence electrons. The van der Waals surface area contributed by atoms with Crippen LogP contribution in [-0.2, 0) is 0 Å². The first-order valence-electron chi connectivity index (χ1n) is 4.27. The summed E-state index contributed by atoms with van der Waals surface area (Å²) in [6.45, 7) is 1.98. The van der Waals surface area contributed by atoms with Crippen molar-refractivity contribution in [2.45, 2.75) is 13.0 Å². The van der Waals surface area contributed by atoms with Crippen LogP contribution in [0, 0.1) is 6.92 Å². The van der Waals surface area contributed by atoms with Crippen molar-refractivity contribution >= 4 is 38.9 Å². The van der Waals surface area contributed by atoms with E-state index in [9.17, 15) is 5.11 Å². The van der Waals surface area contributed by atoms with Crippen LogP contribution in [0.3, 0.4) is 0 Å². The zero-order chi connectivity index (χ0) is 11.0. The fraction of sp³-hybridized carbons (Fsp3) is 0.200. The van der Waals surface area contributed by atoms with Crippen LogP contribution in [0.1, 0.15) is 22.3 Å². The quantitative estimate of drug-likeness (QED) is 0.904.